The van der Waals surface area contributed by atoms with Crippen LogP contribution in [0.4, 0.5) is 0 Å². The monoisotopic (exact) mass is 448 g/mol. The van der Waals surface area contributed by atoms with E-state index in [1.807, 2.05) is 12.1 Å². The highest BCUT2D eigenvalue weighted by Gasteiger charge is 2.19. The second-order valence-corrected chi connectivity index (χ2v) is 9.89. The molecule has 172 valence electrons. The van der Waals surface area contributed by atoms with E-state index in [-0.39, 0.29) is 0 Å². The van der Waals surface area contributed by atoms with Crippen molar-refractivity contribution in [2.45, 2.75) is 53.4 Å². The lowest BCUT2D eigenvalue weighted by atomic mass is 9.99. The van der Waals surface area contributed by atoms with Gasteiger partial charge in [-0.15, -0.1) is 0 Å². The molecule has 0 N–H and O–H groups in total. The van der Waals surface area contributed by atoms with Crippen molar-refractivity contribution < 1.29 is 9.59 Å². The van der Waals surface area contributed by atoms with Gasteiger partial charge in [0.1, 0.15) is 0 Å². The van der Waals surface area contributed by atoms with Crippen molar-refractivity contribution in [3.63, 3.8) is 0 Å². The van der Waals surface area contributed by atoms with E-state index in [2.05, 4.69) is 90.1 Å². The Bertz CT molecular complexity index is 1250. The standard InChI is InChI=1S/C32H32O2/c1-19(2)23-9-7-21(5)31-25(13-27(17-33)29(31)15-23)11-12-26-14-28(18-34)30-16-24(20(3)4)10-8-22(6)32(26)30/h7-20H,1-6H3/b12-11+. The maximum absolute atomic E-state index is 11.9. The second kappa shape index (κ2) is 9.38. The molecule has 0 aliphatic heterocycles. The number of fused-ring (bicyclic) bond motifs is 2. The molecule has 4 aliphatic carbocycles. The van der Waals surface area contributed by atoms with Crippen LogP contribution in [-0.2, 0) is 0 Å². The number of rotatable bonds is 6. The predicted molar refractivity (Wildman–Crippen MR) is 143 cm³/mol. The summed E-state index contributed by atoms with van der Waals surface area (Å²) < 4.78 is 0. The fourth-order valence-corrected chi connectivity index (χ4v) is 4.82. The Morgan fingerprint density at radius 2 is 0.941 bits per heavy atom. The van der Waals surface area contributed by atoms with Crippen molar-refractivity contribution in [3.8, 4) is 22.3 Å². The van der Waals surface area contributed by atoms with Gasteiger partial charge in [0.05, 0.1) is 0 Å². The smallest absolute Gasteiger partial charge is 0.150 e. The van der Waals surface area contributed by atoms with Gasteiger partial charge in [-0.3, -0.25) is 9.59 Å². The van der Waals surface area contributed by atoms with Gasteiger partial charge in [-0.2, -0.15) is 0 Å². The third-order valence-corrected chi connectivity index (χ3v) is 6.85. The Balaban J connectivity index is 1.87. The molecule has 0 spiro atoms. The summed E-state index contributed by atoms with van der Waals surface area (Å²) in [7, 11) is 0. The van der Waals surface area contributed by atoms with Crippen molar-refractivity contribution in [2.75, 3.05) is 0 Å². The largest absolute Gasteiger partial charge is 0.298 e. The van der Waals surface area contributed by atoms with Gasteiger partial charge in [-0.05, 0) is 93.5 Å². The van der Waals surface area contributed by atoms with E-state index in [0.29, 0.717) is 23.0 Å². The molecule has 4 rings (SSSR count). The molecule has 2 heteroatoms. The molecule has 0 saturated heterocycles. The zero-order valence-corrected chi connectivity index (χ0v) is 20.9. The minimum atomic E-state index is 0.375. The molecule has 0 amide bonds. The molecule has 0 atom stereocenters. The maximum atomic E-state index is 11.9. The van der Waals surface area contributed by atoms with Crippen LogP contribution < -0.4 is 0 Å². The first-order valence-corrected chi connectivity index (χ1v) is 12.0. The molecule has 0 aromatic carbocycles. The van der Waals surface area contributed by atoms with E-state index in [1.165, 1.54) is 11.1 Å². The molecule has 0 radical (unpaired) electrons. The van der Waals surface area contributed by atoms with Crippen LogP contribution in [0.3, 0.4) is 0 Å². The Labute approximate surface area is 203 Å². The number of aryl methyl sites for hydroxylation is 2. The molecule has 2 nitrogen and oxygen atoms in total. The van der Waals surface area contributed by atoms with Crippen LogP contribution in [-0.4, -0.2) is 12.6 Å². The molecular formula is C32H32O2. The Hall–Kier alpha value is -3.52. The number of carbonyl (C=O) groups excluding carboxylic acids is 2. The van der Waals surface area contributed by atoms with E-state index in [4.69, 9.17) is 0 Å². The van der Waals surface area contributed by atoms with E-state index < -0.39 is 0 Å². The zero-order valence-electron chi connectivity index (χ0n) is 20.9. The molecule has 0 bridgehead atoms. The third kappa shape index (κ3) is 4.21. The number of hydrogen-bond donors (Lipinski definition) is 0. The zero-order chi connectivity index (χ0) is 24.6. The molecule has 0 saturated carbocycles. The average Bonchev–Trinajstić information content (AvgIpc) is 3.20. The third-order valence-electron chi connectivity index (χ3n) is 6.85. The van der Waals surface area contributed by atoms with Crippen LogP contribution in [0.2, 0.25) is 0 Å². The highest BCUT2D eigenvalue weighted by Crippen LogP contribution is 2.39. The predicted octanol–water partition coefficient (Wildman–Crippen LogP) is 8.56. The fraction of sp³-hybridized carbons (Fsp3) is 0.250. The molecule has 34 heavy (non-hydrogen) atoms. The minimum Gasteiger partial charge on any atom is -0.298 e. The molecule has 4 aliphatic rings. The van der Waals surface area contributed by atoms with Crippen LogP contribution in [0.5, 0.6) is 0 Å². The molecular weight excluding hydrogens is 416 g/mol. The van der Waals surface area contributed by atoms with Gasteiger partial charge in [-0.1, -0.05) is 76.2 Å². The molecule has 0 unspecified atom stereocenters. The van der Waals surface area contributed by atoms with E-state index in [0.717, 1.165) is 57.1 Å². The van der Waals surface area contributed by atoms with E-state index >= 15 is 0 Å². The lowest BCUT2D eigenvalue weighted by Crippen LogP contribution is -1.85. The van der Waals surface area contributed by atoms with Crippen LogP contribution in [0, 0.1) is 13.8 Å². The quantitative estimate of drug-likeness (QED) is 0.277. The lowest BCUT2D eigenvalue weighted by Gasteiger charge is -2.05. The summed E-state index contributed by atoms with van der Waals surface area (Å²) in [6.07, 6.45) is 6.06. The number of aldehydes is 2. The number of hydrogen-bond acceptors (Lipinski definition) is 2. The topological polar surface area (TPSA) is 34.1 Å². The summed E-state index contributed by atoms with van der Waals surface area (Å²) in [6.45, 7) is 12.9. The van der Waals surface area contributed by atoms with Crippen LogP contribution in [0.15, 0.2) is 48.5 Å². The first-order chi connectivity index (χ1) is 16.2. The summed E-state index contributed by atoms with van der Waals surface area (Å²) in [4.78, 5) is 23.8. The highest BCUT2D eigenvalue weighted by atomic mass is 16.1. The van der Waals surface area contributed by atoms with Gasteiger partial charge in [0.15, 0.2) is 12.6 Å². The SMILES string of the molecule is Cc1ccc(C(C)C)cc2c(C=O)cc(/C=C/c3cc(C=O)c4cc(C(C)C)ccc(C)c3-4)c1-2. The number of carbonyl (C=O) groups is 2. The van der Waals surface area contributed by atoms with Gasteiger partial charge < -0.3 is 0 Å². The van der Waals surface area contributed by atoms with Crippen molar-refractivity contribution in [1.29, 1.82) is 0 Å². The van der Waals surface area contributed by atoms with Gasteiger partial charge in [0, 0.05) is 11.1 Å². The van der Waals surface area contributed by atoms with Crippen molar-refractivity contribution in [1.82, 2.24) is 0 Å². The average molecular weight is 449 g/mol. The van der Waals surface area contributed by atoms with Crippen molar-refractivity contribution >= 4 is 24.7 Å². The minimum absolute atomic E-state index is 0.375. The molecule has 0 fully saturated rings. The fourth-order valence-electron chi connectivity index (χ4n) is 4.82. The highest BCUT2D eigenvalue weighted by molar-refractivity contribution is 6.00. The Morgan fingerprint density at radius 3 is 1.26 bits per heavy atom. The lowest BCUT2D eigenvalue weighted by molar-refractivity contribution is 0.111. The van der Waals surface area contributed by atoms with E-state index in [1.54, 1.807) is 0 Å². The summed E-state index contributed by atoms with van der Waals surface area (Å²) in [5.74, 6) is 0.751. The molecule has 0 aromatic heterocycles. The Morgan fingerprint density at radius 1 is 0.559 bits per heavy atom. The van der Waals surface area contributed by atoms with Gasteiger partial charge in [0.25, 0.3) is 0 Å². The van der Waals surface area contributed by atoms with Gasteiger partial charge in [0.2, 0.25) is 0 Å². The van der Waals surface area contributed by atoms with Crippen molar-refractivity contribution in [3.05, 3.63) is 93.0 Å². The molecule has 0 aromatic rings. The van der Waals surface area contributed by atoms with Gasteiger partial charge in [-0.25, -0.2) is 0 Å². The summed E-state index contributed by atoms with van der Waals surface area (Å²) in [5.41, 5.74) is 12.3. The van der Waals surface area contributed by atoms with Gasteiger partial charge >= 0.3 is 0 Å². The first-order valence-electron chi connectivity index (χ1n) is 12.0. The summed E-state index contributed by atoms with van der Waals surface area (Å²) >= 11 is 0. The second-order valence-electron chi connectivity index (χ2n) is 9.89. The van der Waals surface area contributed by atoms with Crippen LogP contribution in [0.1, 0.15) is 93.6 Å². The normalized spacial score (nSPS) is 11.9. The van der Waals surface area contributed by atoms with E-state index in [9.17, 15) is 9.59 Å². The van der Waals surface area contributed by atoms with Crippen LogP contribution >= 0.6 is 0 Å². The maximum Gasteiger partial charge on any atom is 0.150 e. The summed E-state index contributed by atoms with van der Waals surface area (Å²) in [5, 5.41) is 0. The summed E-state index contributed by atoms with van der Waals surface area (Å²) in [6, 6.07) is 16.8. The van der Waals surface area contributed by atoms with Crippen molar-refractivity contribution in [2.24, 2.45) is 0 Å². The first kappa shape index (κ1) is 23.6. The van der Waals surface area contributed by atoms with Crippen LogP contribution in [0.25, 0.3) is 34.4 Å². The molecule has 0 heterocycles. The Kier molecular flexibility index (Phi) is 6.52.